The second-order valence-electron chi connectivity index (χ2n) is 13.3. The van der Waals surface area contributed by atoms with Gasteiger partial charge in [0, 0.05) is 65.5 Å². The van der Waals surface area contributed by atoms with Crippen molar-refractivity contribution < 1.29 is 42.4 Å². The fraction of sp³-hybridized carbons (Fsp3) is 0.205. The average Bonchev–Trinajstić information content (AvgIpc) is 3.24. The number of nitrogens with zero attached hydrogens (tertiary/aromatic N) is 9. The fourth-order valence-electron chi connectivity index (χ4n) is 5.70. The van der Waals surface area contributed by atoms with E-state index in [0.717, 1.165) is 61.5 Å². The summed E-state index contributed by atoms with van der Waals surface area (Å²) in [7, 11) is 0. The third-order valence-corrected chi connectivity index (χ3v) is 9.02. The predicted molar refractivity (Wildman–Crippen MR) is 227 cm³/mol. The summed E-state index contributed by atoms with van der Waals surface area (Å²) in [6.45, 7) is 8.05. The van der Waals surface area contributed by atoms with Gasteiger partial charge in [-0.05, 0) is 85.3 Å². The van der Waals surface area contributed by atoms with Crippen molar-refractivity contribution in [2.75, 3.05) is 18.0 Å². The maximum absolute atomic E-state index is 10.8. The average molecular weight is 850 g/mol. The van der Waals surface area contributed by atoms with Crippen LogP contribution in [-0.2, 0) is 17.1 Å². The van der Waals surface area contributed by atoms with Crippen LogP contribution in [0, 0.1) is 28.4 Å². The Morgan fingerprint density at radius 2 is 1.27 bits per heavy atom. The first-order valence-corrected chi connectivity index (χ1v) is 18.9. The van der Waals surface area contributed by atoms with Gasteiger partial charge >= 0.3 is 0 Å². The van der Waals surface area contributed by atoms with Crippen LogP contribution in [0.3, 0.4) is 0 Å². The van der Waals surface area contributed by atoms with Gasteiger partial charge in [-0.25, -0.2) is 0 Å². The number of phenolic OH excluding ortho intramolecular Hbond substituents is 4. The van der Waals surface area contributed by atoms with Crippen molar-refractivity contribution in [2.45, 2.75) is 46.5 Å². The molecule has 0 saturated carbocycles. The second kappa shape index (κ2) is 22.1. The maximum Gasteiger partial charge on any atom is 0.271 e. The van der Waals surface area contributed by atoms with Crippen LogP contribution in [0.4, 0.5) is 45.5 Å². The summed E-state index contributed by atoms with van der Waals surface area (Å²) < 4.78 is 0. The molecule has 0 aliphatic rings. The van der Waals surface area contributed by atoms with E-state index in [1.807, 2.05) is 25.1 Å². The third-order valence-electron chi connectivity index (χ3n) is 9.02. The van der Waals surface area contributed by atoms with Crippen molar-refractivity contribution >= 4 is 56.3 Å². The number of nitriles is 1. The first kappa shape index (κ1) is 45.5. The molecule has 0 amide bonds. The molecule has 0 radical (unpaired) electrons. The molecule has 0 unspecified atom stereocenters. The van der Waals surface area contributed by atoms with Gasteiger partial charge in [0.15, 0.2) is 0 Å². The van der Waals surface area contributed by atoms with Crippen molar-refractivity contribution in [3.05, 3.63) is 130 Å². The molecule has 15 nitrogen and oxygen atoms in total. The number of aryl methyl sites for hydroxylation is 1. The Kier molecular flexibility index (Phi) is 16.7. The number of nitro benzene ring substituents is 1. The molecule has 6 aromatic rings. The molecular weight excluding hydrogens is 806 g/mol. The number of rotatable bonds is 14. The third kappa shape index (κ3) is 12.2. The van der Waals surface area contributed by atoms with E-state index in [1.165, 1.54) is 24.3 Å². The maximum atomic E-state index is 10.8. The van der Waals surface area contributed by atoms with Crippen LogP contribution in [0.15, 0.2) is 140 Å². The van der Waals surface area contributed by atoms with Gasteiger partial charge in [0.05, 0.1) is 27.9 Å². The molecule has 4 N–H and O–H groups in total. The number of nitro groups is 1. The number of hydrogen-bond acceptors (Lipinski definition) is 14. The van der Waals surface area contributed by atoms with Crippen LogP contribution in [-0.4, -0.2) is 38.4 Å². The molecule has 6 aromatic carbocycles. The first-order valence-electron chi connectivity index (χ1n) is 18.9. The number of unbranched alkanes of at least 4 members (excludes halogenated alkanes) is 2. The number of phenols is 4. The van der Waals surface area contributed by atoms with Crippen molar-refractivity contribution in [1.29, 1.82) is 5.26 Å². The van der Waals surface area contributed by atoms with Crippen molar-refractivity contribution in [2.24, 2.45) is 30.7 Å². The van der Waals surface area contributed by atoms with Crippen LogP contribution in [0.2, 0.25) is 0 Å². The Morgan fingerprint density at radius 3 is 1.93 bits per heavy atom. The molecule has 0 spiro atoms. The quantitative estimate of drug-likeness (QED) is 0.0356. The monoisotopic (exact) mass is 849 g/mol. The molecule has 0 saturated heterocycles. The Bertz CT molecular complexity index is 2550. The largest absolute Gasteiger partial charge is 0.506 e. The van der Waals surface area contributed by atoms with Gasteiger partial charge in [-0.15, -0.1) is 20.5 Å². The van der Waals surface area contributed by atoms with Gasteiger partial charge in [-0.3, -0.25) is 10.1 Å². The molecule has 6 rings (SSSR count). The van der Waals surface area contributed by atoms with Gasteiger partial charge in [-0.2, -0.15) is 15.5 Å². The number of non-ortho nitro benzene ring substituents is 1. The van der Waals surface area contributed by atoms with E-state index in [4.69, 9.17) is 5.26 Å². The predicted octanol–water partition coefficient (Wildman–Crippen LogP) is 13.1. The summed E-state index contributed by atoms with van der Waals surface area (Å²) in [5.74, 6) is -0.366. The summed E-state index contributed by atoms with van der Waals surface area (Å²) in [6, 6.07) is 31.3. The van der Waals surface area contributed by atoms with Gasteiger partial charge in [0.25, 0.3) is 5.69 Å². The Morgan fingerprint density at radius 1 is 0.650 bits per heavy atom. The zero-order valence-corrected chi connectivity index (χ0v) is 34.2. The molecule has 0 atom stereocenters. The molecule has 60 heavy (non-hydrogen) atoms. The second-order valence-corrected chi connectivity index (χ2v) is 13.3. The van der Waals surface area contributed by atoms with E-state index in [0.29, 0.717) is 28.0 Å². The van der Waals surface area contributed by atoms with Gasteiger partial charge in [0.2, 0.25) is 0 Å². The van der Waals surface area contributed by atoms with E-state index in [2.05, 4.69) is 55.5 Å². The molecule has 0 aromatic heterocycles. The smallest absolute Gasteiger partial charge is 0.271 e. The zero-order valence-electron chi connectivity index (χ0n) is 33.1. The summed E-state index contributed by atoms with van der Waals surface area (Å²) in [6.07, 6.45) is 4.40. The van der Waals surface area contributed by atoms with Crippen molar-refractivity contribution in [3.63, 3.8) is 0 Å². The summed E-state index contributed by atoms with van der Waals surface area (Å²) >= 11 is 0. The molecule has 308 valence electrons. The van der Waals surface area contributed by atoms with Crippen LogP contribution in [0.5, 0.6) is 23.0 Å². The van der Waals surface area contributed by atoms with Gasteiger partial charge in [0.1, 0.15) is 45.7 Å². The minimum atomic E-state index is -0.589. The zero-order chi connectivity index (χ0) is 42.3. The van der Waals surface area contributed by atoms with Crippen LogP contribution < -0.4 is 4.90 Å². The number of aromatic hydroxyl groups is 4. The topological polar surface area (TPSA) is 225 Å². The summed E-state index contributed by atoms with van der Waals surface area (Å²) in [5.41, 5.74) is 3.90. The Labute approximate surface area is 357 Å². The van der Waals surface area contributed by atoms with Crippen LogP contribution in [0.1, 0.15) is 50.7 Å². The number of fused-ring (bicyclic) bond motifs is 1. The number of hydrogen-bond donors (Lipinski definition) is 4. The summed E-state index contributed by atoms with van der Waals surface area (Å²) in [4.78, 5) is 12.5. The SMILES string of the molecule is CCCCN(CCCC)c1ccc(N=Nc2cc(C)c(N=Nc3ccc(C#N)cc3)cc2O)c(O)c1.O=[N+]([O-])c1ccc(O)c(N=Nc2c(O)ccc3ccccc23)c1.[Fe]. The molecule has 0 bridgehead atoms. The molecule has 0 fully saturated rings. The molecule has 16 heteroatoms. The fourth-order valence-corrected chi connectivity index (χ4v) is 5.70. The van der Waals surface area contributed by atoms with E-state index < -0.39 is 4.92 Å². The van der Waals surface area contributed by atoms with Gasteiger partial charge < -0.3 is 25.3 Å². The number of anilines is 1. The van der Waals surface area contributed by atoms with E-state index in [1.54, 1.807) is 60.7 Å². The number of azo groups is 3. The molecule has 0 aliphatic heterocycles. The standard InChI is InChI=1S/C28H32N6O2.C16H11N3O4.Fe/c1-4-6-14-34(15-7-5-2)23-12-13-24(27(35)17-23)31-33-26-16-20(3)25(18-28(26)36)32-30-22-10-8-21(19-29)9-11-22;20-14-8-6-11(19(22)23)9-13(14)17-18-16-12-4-2-1-3-10(12)5-7-15(16)21;/h8-13,16-18,35-36H,4-7,14-15H2,1-3H3;1-9,20-21H;. The van der Waals surface area contributed by atoms with Crippen molar-refractivity contribution in [3.8, 4) is 29.1 Å². The Balaban J connectivity index is 0.000000285. The molecular formula is C44H43FeN9O6. The number of benzene rings is 6. The van der Waals surface area contributed by atoms with E-state index in [9.17, 15) is 30.5 Å². The van der Waals surface area contributed by atoms with Crippen molar-refractivity contribution in [1.82, 2.24) is 0 Å². The summed E-state index contributed by atoms with van der Waals surface area (Å²) in [5, 5.41) is 86.4. The minimum Gasteiger partial charge on any atom is -0.506 e. The van der Waals surface area contributed by atoms with E-state index >= 15 is 0 Å². The molecule has 0 heterocycles. The van der Waals surface area contributed by atoms with Crippen LogP contribution in [0.25, 0.3) is 10.8 Å². The van der Waals surface area contributed by atoms with Crippen LogP contribution >= 0.6 is 0 Å². The van der Waals surface area contributed by atoms with E-state index in [-0.39, 0.29) is 62.8 Å². The normalized spacial score (nSPS) is 11.0. The minimum absolute atomic E-state index is 0. The molecule has 0 aliphatic carbocycles. The first-order chi connectivity index (χ1) is 28.5. The Hall–Kier alpha value is -7.21. The van der Waals surface area contributed by atoms with Gasteiger partial charge in [-0.1, -0.05) is 57.0 Å².